The Morgan fingerprint density at radius 3 is 2.28 bits per heavy atom. The zero-order valence-corrected chi connectivity index (χ0v) is 11.4. The van der Waals surface area contributed by atoms with Gasteiger partial charge < -0.3 is 10.4 Å². The molecule has 0 aliphatic heterocycles. The number of hydrogen-bond acceptors (Lipinski definition) is 2. The van der Waals surface area contributed by atoms with Crippen LogP contribution in [0.15, 0.2) is 24.3 Å². The van der Waals surface area contributed by atoms with E-state index in [0.717, 1.165) is 18.4 Å². The van der Waals surface area contributed by atoms with E-state index in [1.165, 1.54) is 0 Å². The van der Waals surface area contributed by atoms with Gasteiger partial charge in [0.05, 0.1) is 6.10 Å². The number of nitrogens with one attached hydrogen (secondary N) is 1. The number of benzene rings is 1. The quantitative estimate of drug-likeness (QED) is 0.814. The van der Waals surface area contributed by atoms with Crippen molar-refractivity contribution in [3.8, 4) is 0 Å². The first kappa shape index (κ1) is 14.7. The van der Waals surface area contributed by atoms with Gasteiger partial charge in [0.1, 0.15) is 0 Å². The lowest BCUT2D eigenvalue weighted by atomic mass is 9.96. The van der Waals surface area contributed by atoms with Crippen LogP contribution in [-0.2, 0) is 0 Å². The molecule has 0 heterocycles. The average molecular weight is 249 g/mol. The van der Waals surface area contributed by atoms with Crippen molar-refractivity contribution in [3.63, 3.8) is 0 Å². The molecule has 1 rings (SSSR count). The van der Waals surface area contributed by atoms with Crippen LogP contribution in [0.5, 0.6) is 0 Å². The Morgan fingerprint density at radius 1 is 1.22 bits per heavy atom. The molecule has 3 heteroatoms. The molecule has 1 atom stereocenters. The summed E-state index contributed by atoms with van der Waals surface area (Å²) in [7, 11) is 0. The first-order valence-corrected chi connectivity index (χ1v) is 6.61. The lowest BCUT2D eigenvalue weighted by Crippen LogP contribution is -2.36. The summed E-state index contributed by atoms with van der Waals surface area (Å²) < 4.78 is 0. The van der Waals surface area contributed by atoms with Crippen LogP contribution in [-0.4, -0.2) is 23.7 Å². The molecule has 1 aromatic carbocycles. The summed E-state index contributed by atoms with van der Waals surface area (Å²) in [5, 5.41) is 12.7. The fourth-order valence-corrected chi connectivity index (χ4v) is 2.00. The second-order valence-corrected chi connectivity index (χ2v) is 4.72. The van der Waals surface area contributed by atoms with Crippen molar-refractivity contribution >= 4 is 5.91 Å². The summed E-state index contributed by atoms with van der Waals surface area (Å²) >= 11 is 0. The lowest BCUT2D eigenvalue weighted by molar-refractivity contribution is 0.0816. The number of rotatable bonds is 6. The van der Waals surface area contributed by atoms with Crippen molar-refractivity contribution in [1.82, 2.24) is 5.32 Å². The number of carbonyl (C=O) groups is 1. The SMILES string of the molecule is CCC(CC)C(O)CNC(=O)c1ccc(C)cc1. The normalized spacial score (nSPS) is 12.5. The largest absolute Gasteiger partial charge is 0.391 e. The highest BCUT2D eigenvalue weighted by Crippen LogP contribution is 2.12. The Bertz CT molecular complexity index is 369. The number of aryl methyl sites for hydroxylation is 1. The third kappa shape index (κ3) is 4.15. The van der Waals surface area contributed by atoms with Crippen molar-refractivity contribution in [3.05, 3.63) is 35.4 Å². The maximum atomic E-state index is 11.8. The summed E-state index contributed by atoms with van der Waals surface area (Å²) in [6.07, 6.45) is 1.39. The van der Waals surface area contributed by atoms with Gasteiger partial charge in [0.15, 0.2) is 0 Å². The molecule has 0 aliphatic carbocycles. The molecule has 0 aliphatic rings. The molecule has 0 aromatic heterocycles. The van der Waals surface area contributed by atoms with Gasteiger partial charge in [0.25, 0.3) is 5.91 Å². The topological polar surface area (TPSA) is 49.3 Å². The van der Waals surface area contributed by atoms with E-state index in [1.807, 2.05) is 19.1 Å². The van der Waals surface area contributed by atoms with Gasteiger partial charge in [-0.05, 0) is 25.0 Å². The molecule has 0 saturated carbocycles. The molecule has 0 fully saturated rings. The molecule has 1 amide bonds. The van der Waals surface area contributed by atoms with E-state index in [9.17, 15) is 9.90 Å². The highest BCUT2D eigenvalue weighted by atomic mass is 16.3. The minimum atomic E-state index is -0.464. The summed E-state index contributed by atoms with van der Waals surface area (Å²) in [6, 6.07) is 7.42. The number of hydrogen-bond donors (Lipinski definition) is 2. The molecule has 18 heavy (non-hydrogen) atoms. The van der Waals surface area contributed by atoms with E-state index in [0.29, 0.717) is 12.1 Å². The number of carbonyl (C=O) groups excluding carboxylic acids is 1. The Morgan fingerprint density at radius 2 is 1.78 bits per heavy atom. The van der Waals surface area contributed by atoms with Gasteiger partial charge in [-0.3, -0.25) is 4.79 Å². The second-order valence-electron chi connectivity index (χ2n) is 4.72. The maximum Gasteiger partial charge on any atom is 0.251 e. The maximum absolute atomic E-state index is 11.8. The van der Waals surface area contributed by atoms with Crippen LogP contribution >= 0.6 is 0 Å². The molecule has 3 nitrogen and oxygen atoms in total. The molecular weight excluding hydrogens is 226 g/mol. The van der Waals surface area contributed by atoms with Gasteiger partial charge in [0, 0.05) is 12.1 Å². The molecule has 1 aromatic rings. The fraction of sp³-hybridized carbons (Fsp3) is 0.533. The van der Waals surface area contributed by atoms with Gasteiger partial charge >= 0.3 is 0 Å². The fourth-order valence-electron chi connectivity index (χ4n) is 2.00. The Hall–Kier alpha value is -1.35. The number of amides is 1. The molecule has 1 unspecified atom stereocenters. The summed E-state index contributed by atoms with van der Waals surface area (Å²) in [5.74, 6) is 0.128. The molecule has 100 valence electrons. The van der Waals surface area contributed by atoms with Crippen LogP contribution in [0.1, 0.15) is 42.6 Å². The minimum absolute atomic E-state index is 0.125. The minimum Gasteiger partial charge on any atom is -0.391 e. The van der Waals surface area contributed by atoms with Crippen LogP contribution in [0.3, 0.4) is 0 Å². The zero-order valence-electron chi connectivity index (χ0n) is 11.4. The van der Waals surface area contributed by atoms with Crippen molar-refractivity contribution in [2.24, 2.45) is 5.92 Å². The molecule has 0 radical (unpaired) electrons. The summed E-state index contributed by atoms with van der Waals surface area (Å²) in [5.41, 5.74) is 1.76. The third-order valence-corrected chi connectivity index (χ3v) is 3.38. The number of aliphatic hydroxyl groups excluding tert-OH is 1. The van der Waals surface area contributed by atoms with E-state index in [2.05, 4.69) is 19.2 Å². The molecular formula is C15H23NO2. The van der Waals surface area contributed by atoms with Crippen molar-refractivity contribution in [1.29, 1.82) is 0 Å². The van der Waals surface area contributed by atoms with E-state index >= 15 is 0 Å². The average Bonchev–Trinajstić information content (AvgIpc) is 2.38. The predicted octanol–water partition coefficient (Wildman–Crippen LogP) is 2.52. The molecule has 0 bridgehead atoms. The van der Waals surface area contributed by atoms with E-state index in [1.54, 1.807) is 12.1 Å². The number of aliphatic hydroxyl groups is 1. The first-order valence-electron chi connectivity index (χ1n) is 6.61. The standard InChI is InChI=1S/C15H23NO2/c1-4-12(5-2)14(17)10-16-15(18)13-8-6-11(3)7-9-13/h6-9,12,14,17H,4-5,10H2,1-3H3,(H,16,18). The van der Waals surface area contributed by atoms with Gasteiger partial charge in [-0.1, -0.05) is 44.4 Å². The van der Waals surface area contributed by atoms with Crippen molar-refractivity contribution < 1.29 is 9.90 Å². The van der Waals surface area contributed by atoms with Crippen molar-refractivity contribution in [2.75, 3.05) is 6.54 Å². The van der Waals surface area contributed by atoms with Gasteiger partial charge in [-0.2, -0.15) is 0 Å². The molecule has 0 spiro atoms. The Balaban J connectivity index is 2.48. The van der Waals surface area contributed by atoms with Crippen molar-refractivity contribution in [2.45, 2.75) is 39.7 Å². The van der Waals surface area contributed by atoms with Crippen LogP contribution in [0.4, 0.5) is 0 Å². The third-order valence-electron chi connectivity index (χ3n) is 3.38. The smallest absolute Gasteiger partial charge is 0.251 e. The van der Waals surface area contributed by atoms with Gasteiger partial charge in [-0.25, -0.2) is 0 Å². The predicted molar refractivity (Wildman–Crippen MR) is 73.6 cm³/mol. The van der Waals surface area contributed by atoms with E-state index in [4.69, 9.17) is 0 Å². The zero-order chi connectivity index (χ0) is 13.5. The Kier molecular flexibility index (Phi) is 5.86. The second kappa shape index (κ2) is 7.17. The van der Waals surface area contributed by atoms with Gasteiger partial charge in [-0.15, -0.1) is 0 Å². The monoisotopic (exact) mass is 249 g/mol. The van der Waals surface area contributed by atoms with Crippen LogP contribution in [0.25, 0.3) is 0 Å². The van der Waals surface area contributed by atoms with Crippen LogP contribution < -0.4 is 5.32 Å². The van der Waals surface area contributed by atoms with E-state index < -0.39 is 6.10 Å². The molecule has 0 saturated heterocycles. The summed E-state index contributed by atoms with van der Waals surface area (Å²) in [4.78, 5) is 11.8. The Labute approximate surface area is 109 Å². The van der Waals surface area contributed by atoms with Crippen LogP contribution in [0, 0.1) is 12.8 Å². The van der Waals surface area contributed by atoms with Crippen LogP contribution in [0.2, 0.25) is 0 Å². The highest BCUT2D eigenvalue weighted by molar-refractivity contribution is 5.94. The first-order chi connectivity index (χ1) is 8.58. The van der Waals surface area contributed by atoms with E-state index in [-0.39, 0.29) is 11.8 Å². The molecule has 2 N–H and O–H groups in total. The lowest BCUT2D eigenvalue weighted by Gasteiger charge is -2.20. The highest BCUT2D eigenvalue weighted by Gasteiger charge is 2.16. The van der Waals surface area contributed by atoms with Gasteiger partial charge in [0.2, 0.25) is 0 Å². The summed E-state index contributed by atoms with van der Waals surface area (Å²) in [6.45, 7) is 6.41.